The SMILES string of the molecule is CCCNC1CCCCCC1N(C)Cc1ccccc1. The zero-order valence-corrected chi connectivity index (χ0v) is 13.1. The van der Waals surface area contributed by atoms with Crippen molar-refractivity contribution in [2.24, 2.45) is 0 Å². The summed E-state index contributed by atoms with van der Waals surface area (Å²) >= 11 is 0. The minimum atomic E-state index is 0.672. The van der Waals surface area contributed by atoms with Gasteiger partial charge in [0.05, 0.1) is 0 Å². The molecule has 0 saturated heterocycles. The average molecular weight is 274 g/mol. The van der Waals surface area contributed by atoms with Gasteiger partial charge in [0.1, 0.15) is 0 Å². The summed E-state index contributed by atoms with van der Waals surface area (Å²) in [5.74, 6) is 0. The molecule has 1 aromatic carbocycles. The fourth-order valence-corrected chi connectivity index (χ4v) is 3.37. The van der Waals surface area contributed by atoms with E-state index in [0.717, 1.165) is 13.1 Å². The summed E-state index contributed by atoms with van der Waals surface area (Å²) < 4.78 is 0. The van der Waals surface area contributed by atoms with E-state index in [1.807, 2.05) is 0 Å². The average Bonchev–Trinajstić information content (AvgIpc) is 2.71. The van der Waals surface area contributed by atoms with E-state index < -0.39 is 0 Å². The van der Waals surface area contributed by atoms with Crippen molar-refractivity contribution in [2.45, 2.75) is 64.1 Å². The second-order valence-corrected chi connectivity index (χ2v) is 6.17. The molecular formula is C18H30N2. The first-order chi connectivity index (χ1) is 9.81. The van der Waals surface area contributed by atoms with Crippen LogP contribution in [0.3, 0.4) is 0 Å². The highest BCUT2D eigenvalue weighted by Gasteiger charge is 2.26. The van der Waals surface area contributed by atoms with E-state index in [1.165, 1.54) is 44.1 Å². The fraction of sp³-hybridized carbons (Fsp3) is 0.667. The molecule has 2 rings (SSSR count). The number of hydrogen-bond acceptors (Lipinski definition) is 2. The molecule has 0 radical (unpaired) electrons. The van der Waals surface area contributed by atoms with Gasteiger partial charge in [-0.2, -0.15) is 0 Å². The van der Waals surface area contributed by atoms with E-state index in [9.17, 15) is 0 Å². The normalized spacial score (nSPS) is 23.8. The Bertz CT molecular complexity index is 363. The Labute approximate surface area is 124 Å². The van der Waals surface area contributed by atoms with Crippen molar-refractivity contribution in [2.75, 3.05) is 13.6 Å². The molecule has 0 bridgehead atoms. The molecule has 20 heavy (non-hydrogen) atoms. The summed E-state index contributed by atoms with van der Waals surface area (Å²) in [5.41, 5.74) is 1.42. The van der Waals surface area contributed by atoms with Gasteiger partial charge in [-0.25, -0.2) is 0 Å². The molecule has 112 valence electrons. The van der Waals surface area contributed by atoms with Crippen molar-refractivity contribution < 1.29 is 0 Å². The molecule has 1 saturated carbocycles. The molecule has 1 aromatic rings. The topological polar surface area (TPSA) is 15.3 Å². The van der Waals surface area contributed by atoms with Crippen LogP contribution in [-0.4, -0.2) is 30.6 Å². The van der Waals surface area contributed by atoms with Gasteiger partial charge in [-0.05, 0) is 38.4 Å². The van der Waals surface area contributed by atoms with Gasteiger partial charge in [-0.1, -0.05) is 56.5 Å². The molecule has 2 nitrogen and oxygen atoms in total. The largest absolute Gasteiger partial charge is 0.312 e. The van der Waals surface area contributed by atoms with Crippen LogP contribution in [0.25, 0.3) is 0 Å². The molecule has 0 heterocycles. The second kappa shape index (κ2) is 8.43. The number of rotatable bonds is 6. The van der Waals surface area contributed by atoms with Crippen LogP contribution in [0.2, 0.25) is 0 Å². The maximum atomic E-state index is 3.79. The van der Waals surface area contributed by atoms with Gasteiger partial charge >= 0.3 is 0 Å². The zero-order chi connectivity index (χ0) is 14.2. The molecule has 0 aliphatic heterocycles. The maximum absolute atomic E-state index is 3.79. The molecule has 2 atom stereocenters. The van der Waals surface area contributed by atoms with Crippen molar-refractivity contribution in [3.63, 3.8) is 0 Å². The number of nitrogens with zero attached hydrogens (tertiary/aromatic N) is 1. The van der Waals surface area contributed by atoms with Gasteiger partial charge in [0.2, 0.25) is 0 Å². The third kappa shape index (κ3) is 4.60. The number of benzene rings is 1. The molecule has 2 unspecified atom stereocenters. The molecule has 2 heteroatoms. The highest BCUT2D eigenvalue weighted by molar-refractivity contribution is 5.14. The third-order valence-corrected chi connectivity index (χ3v) is 4.48. The molecule has 1 aliphatic carbocycles. The monoisotopic (exact) mass is 274 g/mol. The van der Waals surface area contributed by atoms with Gasteiger partial charge in [0.25, 0.3) is 0 Å². The number of hydrogen-bond donors (Lipinski definition) is 1. The zero-order valence-electron chi connectivity index (χ0n) is 13.1. The van der Waals surface area contributed by atoms with Crippen molar-refractivity contribution in [1.82, 2.24) is 10.2 Å². The summed E-state index contributed by atoms with van der Waals surface area (Å²) in [6.07, 6.45) is 8.07. The lowest BCUT2D eigenvalue weighted by Crippen LogP contribution is -2.48. The fourth-order valence-electron chi connectivity index (χ4n) is 3.37. The Morgan fingerprint density at radius 2 is 1.85 bits per heavy atom. The quantitative estimate of drug-likeness (QED) is 0.793. The van der Waals surface area contributed by atoms with Crippen LogP contribution < -0.4 is 5.32 Å². The first kappa shape index (κ1) is 15.5. The Morgan fingerprint density at radius 1 is 1.10 bits per heavy atom. The Hall–Kier alpha value is -0.860. The molecule has 1 fully saturated rings. The van der Waals surface area contributed by atoms with Crippen molar-refractivity contribution in [3.05, 3.63) is 35.9 Å². The van der Waals surface area contributed by atoms with Crippen molar-refractivity contribution in [1.29, 1.82) is 0 Å². The Balaban J connectivity index is 1.97. The molecule has 1 N–H and O–H groups in total. The molecular weight excluding hydrogens is 244 g/mol. The number of nitrogens with one attached hydrogen (secondary N) is 1. The maximum Gasteiger partial charge on any atom is 0.0249 e. The minimum Gasteiger partial charge on any atom is -0.312 e. The van der Waals surface area contributed by atoms with Crippen LogP contribution in [-0.2, 0) is 6.54 Å². The highest BCUT2D eigenvalue weighted by atomic mass is 15.2. The minimum absolute atomic E-state index is 0.672. The van der Waals surface area contributed by atoms with Gasteiger partial charge in [-0.15, -0.1) is 0 Å². The summed E-state index contributed by atoms with van der Waals surface area (Å²) in [6, 6.07) is 12.2. The lowest BCUT2D eigenvalue weighted by molar-refractivity contribution is 0.174. The molecule has 0 aromatic heterocycles. The van der Waals surface area contributed by atoms with Crippen molar-refractivity contribution in [3.8, 4) is 0 Å². The highest BCUT2D eigenvalue weighted by Crippen LogP contribution is 2.23. The molecule has 0 spiro atoms. The van der Waals surface area contributed by atoms with Crippen LogP contribution in [0.15, 0.2) is 30.3 Å². The summed E-state index contributed by atoms with van der Waals surface area (Å²) in [6.45, 7) is 4.47. The van der Waals surface area contributed by atoms with Gasteiger partial charge in [0.15, 0.2) is 0 Å². The van der Waals surface area contributed by atoms with Crippen LogP contribution in [0.4, 0.5) is 0 Å². The van der Waals surface area contributed by atoms with Gasteiger partial charge in [-0.3, -0.25) is 4.90 Å². The predicted molar refractivity (Wildman–Crippen MR) is 86.9 cm³/mol. The van der Waals surface area contributed by atoms with Gasteiger partial charge in [0, 0.05) is 18.6 Å². The van der Waals surface area contributed by atoms with Gasteiger partial charge < -0.3 is 5.32 Å². The summed E-state index contributed by atoms with van der Waals surface area (Å²) in [7, 11) is 2.30. The molecule has 1 aliphatic rings. The standard InChI is InChI=1S/C18H30N2/c1-3-14-19-17-12-8-5-9-13-18(17)20(2)15-16-10-6-4-7-11-16/h4,6-7,10-11,17-19H,3,5,8-9,12-15H2,1-2H3. The van der Waals surface area contributed by atoms with E-state index in [4.69, 9.17) is 0 Å². The number of likely N-dealkylation sites (N-methyl/N-ethyl adjacent to an activating group) is 1. The van der Waals surface area contributed by atoms with Crippen LogP contribution >= 0.6 is 0 Å². The van der Waals surface area contributed by atoms with E-state index in [-0.39, 0.29) is 0 Å². The third-order valence-electron chi connectivity index (χ3n) is 4.48. The Kier molecular flexibility index (Phi) is 6.55. The van der Waals surface area contributed by atoms with E-state index >= 15 is 0 Å². The lowest BCUT2D eigenvalue weighted by Gasteiger charge is -2.34. The molecule has 0 amide bonds. The Morgan fingerprint density at radius 3 is 2.60 bits per heavy atom. The second-order valence-electron chi connectivity index (χ2n) is 6.17. The predicted octanol–water partition coefficient (Wildman–Crippen LogP) is 3.82. The smallest absolute Gasteiger partial charge is 0.0249 e. The van der Waals surface area contributed by atoms with E-state index in [2.05, 4.69) is 54.5 Å². The summed E-state index contributed by atoms with van der Waals surface area (Å²) in [5, 5.41) is 3.79. The van der Waals surface area contributed by atoms with E-state index in [0.29, 0.717) is 12.1 Å². The van der Waals surface area contributed by atoms with E-state index in [1.54, 1.807) is 0 Å². The van der Waals surface area contributed by atoms with Crippen molar-refractivity contribution >= 4 is 0 Å². The lowest BCUT2D eigenvalue weighted by atomic mass is 10.0. The summed E-state index contributed by atoms with van der Waals surface area (Å²) in [4.78, 5) is 2.56. The van der Waals surface area contributed by atoms with Crippen LogP contribution in [0.1, 0.15) is 51.0 Å². The van der Waals surface area contributed by atoms with Crippen LogP contribution in [0.5, 0.6) is 0 Å². The first-order valence-corrected chi connectivity index (χ1v) is 8.29. The van der Waals surface area contributed by atoms with Crippen LogP contribution in [0, 0.1) is 0 Å². The first-order valence-electron chi connectivity index (χ1n) is 8.29.